The van der Waals surface area contributed by atoms with Gasteiger partial charge < -0.3 is 28.8 Å². The number of phosphoric ester groups is 1. The highest BCUT2D eigenvalue weighted by Gasteiger charge is 2.24. The molecule has 0 heterocycles. The van der Waals surface area contributed by atoms with Crippen molar-refractivity contribution >= 4 is 13.7 Å². The Morgan fingerprint density at radius 1 is 0.739 bits per heavy atom. The first-order valence-corrected chi connectivity index (χ1v) is 20.5. The van der Waals surface area contributed by atoms with Gasteiger partial charge in [0.2, 0.25) is 5.91 Å². The van der Waals surface area contributed by atoms with E-state index in [2.05, 4.69) is 31.3 Å². The summed E-state index contributed by atoms with van der Waals surface area (Å²) in [6, 6.07) is -0.795. The van der Waals surface area contributed by atoms with Crippen LogP contribution in [0.4, 0.5) is 0 Å². The van der Waals surface area contributed by atoms with Gasteiger partial charge in [0.15, 0.2) is 0 Å². The number of nitrogens with zero attached hydrogens (tertiary/aromatic N) is 1. The molecule has 0 aromatic heterocycles. The van der Waals surface area contributed by atoms with Crippen LogP contribution in [0, 0.1) is 0 Å². The van der Waals surface area contributed by atoms with Crippen molar-refractivity contribution in [3.8, 4) is 0 Å². The fraction of sp³-hybridized carbons (Fsp3) is 0.919. The quantitative estimate of drug-likeness (QED) is 0.0305. The molecule has 0 aliphatic heterocycles. The first-order chi connectivity index (χ1) is 22.0. The lowest BCUT2D eigenvalue weighted by Crippen LogP contribution is -2.46. The summed E-state index contributed by atoms with van der Waals surface area (Å²) in [5.74, 6) is -0.174. The number of hydrogen-bond acceptors (Lipinski definition) is 6. The summed E-state index contributed by atoms with van der Waals surface area (Å²) in [4.78, 5) is 25.1. The van der Waals surface area contributed by atoms with Crippen LogP contribution in [0.1, 0.15) is 168 Å². The van der Waals surface area contributed by atoms with Gasteiger partial charge in [-0.1, -0.05) is 135 Å². The third-order valence-corrected chi connectivity index (χ3v) is 9.47. The molecule has 0 aliphatic rings. The molecule has 2 N–H and O–H groups in total. The lowest BCUT2D eigenvalue weighted by atomic mass is 10.0. The largest absolute Gasteiger partial charge is 0.756 e. The molecule has 0 rings (SSSR count). The number of phosphoric acid groups is 1. The number of aliphatic hydroxyl groups excluding tert-OH is 1. The van der Waals surface area contributed by atoms with Crippen LogP contribution in [-0.2, 0) is 18.4 Å². The maximum absolute atomic E-state index is 12.7. The molecule has 0 aromatic rings. The number of unbranched alkanes of at least 4 members (excludes halogenated alkanes) is 19. The molecule has 3 unspecified atom stereocenters. The van der Waals surface area contributed by atoms with Gasteiger partial charge in [0, 0.05) is 6.42 Å². The number of carbonyl (C=O) groups is 1. The zero-order chi connectivity index (χ0) is 34.4. The van der Waals surface area contributed by atoms with Gasteiger partial charge >= 0.3 is 0 Å². The molecule has 9 heteroatoms. The van der Waals surface area contributed by atoms with Crippen molar-refractivity contribution in [1.29, 1.82) is 0 Å². The maximum atomic E-state index is 12.7. The number of allylic oxidation sites excluding steroid dienone is 2. The smallest absolute Gasteiger partial charge is 0.268 e. The minimum atomic E-state index is -4.54. The highest BCUT2D eigenvalue weighted by Crippen LogP contribution is 2.38. The molecule has 46 heavy (non-hydrogen) atoms. The lowest BCUT2D eigenvalue weighted by Gasteiger charge is -2.30. The Bertz CT molecular complexity index is 773. The molecule has 0 saturated carbocycles. The van der Waals surface area contributed by atoms with Crippen LogP contribution in [-0.4, -0.2) is 68.5 Å². The predicted molar refractivity (Wildman–Crippen MR) is 192 cm³/mol. The molecule has 0 aromatic carbocycles. The summed E-state index contributed by atoms with van der Waals surface area (Å²) >= 11 is 0. The van der Waals surface area contributed by atoms with Crippen molar-refractivity contribution in [2.75, 3.05) is 40.9 Å². The summed E-state index contributed by atoms with van der Waals surface area (Å²) in [5.41, 5.74) is 0. The third-order valence-electron chi connectivity index (χ3n) is 8.50. The van der Waals surface area contributed by atoms with E-state index < -0.39 is 20.0 Å². The lowest BCUT2D eigenvalue weighted by molar-refractivity contribution is -0.870. The topological polar surface area (TPSA) is 108 Å². The molecule has 0 saturated heterocycles. The number of quaternary nitrogens is 1. The van der Waals surface area contributed by atoms with E-state index in [1.165, 1.54) is 103 Å². The number of nitrogens with one attached hydrogen (secondary N) is 1. The van der Waals surface area contributed by atoms with E-state index in [4.69, 9.17) is 9.05 Å². The highest BCUT2D eigenvalue weighted by molar-refractivity contribution is 7.45. The monoisotopic (exact) mass is 675 g/mol. The third kappa shape index (κ3) is 31.8. The van der Waals surface area contributed by atoms with Crippen molar-refractivity contribution in [2.24, 2.45) is 0 Å². The number of carbonyl (C=O) groups excluding carboxylic acids is 1. The minimum Gasteiger partial charge on any atom is -0.756 e. The van der Waals surface area contributed by atoms with Crippen LogP contribution in [0.5, 0.6) is 0 Å². The van der Waals surface area contributed by atoms with Gasteiger partial charge in [0.05, 0.1) is 39.9 Å². The first kappa shape index (κ1) is 45.2. The minimum absolute atomic E-state index is 0.0121. The van der Waals surface area contributed by atoms with Gasteiger partial charge in [-0.15, -0.1) is 0 Å². The summed E-state index contributed by atoms with van der Waals surface area (Å²) in [6.45, 7) is 4.65. The Kier molecular flexibility index (Phi) is 29.8. The molecule has 0 radical (unpaired) electrons. The summed E-state index contributed by atoms with van der Waals surface area (Å²) in [7, 11) is 1.30. The van der Waals surface area contributed by atoms with E-state index in [9.17, 15) is 19.4 Å². The highest BCUT2D eigenvalue weighted by atomic mass is 31.2. The second-order valence-corrected chi connectivity index (χ2v) is 15.7. The second-order valence-electron chi connectivity index (χ2n) is 14.3. The van der Waals surface area contributed by atoms with Crippen LogP contribution in [0.25, 0.3) is 0 Å². The molecule has 0 aliphatic carbocycles. The van der Waals surface area contributed by atoms with Crippen LogP contribution in [0.3, 0.4) is 0 Å². The Hall–Kier alpha value is -0.760. The fourth-order valence-corrected chi connectivity index (χ4v) is 6.11. The van der Waals surface area contributed by atoms with E-state index in [-0.39, 0.29) is 19.1 Å². The van der Waals surface area contributed by atoms with Crippen LogP contribution in [0.15, 0.2) is 12.2 Å². The average molecular weight is 675 g/mol. The molecule has 3 atom stereocenters. The number of aliphatic hydroxyl groups is 1. The van der Waals surface area contributed by atoms with E-state index >= 15 is 0 Å². The fourth-order valence-electron chi connectivity index (χ4n) is 5.38. The average Bonchev–Trinajstić information content (AvgIpc) is 2.99. The van der Waals surface area contributed by atoms with E-state index in [1.54, 1.807) is 0 Å². The van der Waals surface area contributed by atoms with Crippen molar-refractivity contribution in [3.63, 3.8) is 0 Å². The second kappa shape index (κ2) is 30.3. The molecule has 1 amide bonds. The zero-order valence-electron chi connectivity index (χ0n) is 30.8. The summed E-state index contributed by atoms with van der Waals surface area (Å²) < 4.78 is 23.0. The SMILES string of the molecule is CCCCCCCC/C=C\CCCCCCCCCC(=O)NC(COP(=O)([O-])OCC[N+](C)(C)C)C(O)CCCCCCCCC. The molecule has 274 valence electrons. The number of hydrogen-bond donors (Lipinski definition) is 2. The van der Waals surface area contributed by atoms with Crippen LogP contribution < -0.4 is 10.2 Å². The van der Waals surface area contributed by atoms with E-state index in [1.807, 2.05) is 21.1 Å². The van der Waals surface area contributed by atoms with Crippen molar-refractivity contribution in [1.82, 2.24) is 5.32 Å². The van der Waals surface area contributed by atoms with Crippen molar-refractivity contribution in [2.45, 2.75) is 180 Å². The molecule has 0 fully saturated rings. The summed E-state index contributed by atoms with van der Waals surface area (Å²) in [5, 5.41) is 13.7. The van der Waals surface area contributed by atoms with Gasteiger partial charge in [0.25, 0.3) is 7.82 Å². The predicted octanol–water partition coefficient (Wildman–Crippen LogP) is 9.00. The molecule has 0 spiro atoms. The van der Waals surface area contributed by atoms with Gasteiger partial charge in [-0.2, -0.15) is 0 Å². The van der Waals surface area contributed by atoms with Gasteiger partial charge in [-0.3, -0.25) is 9.36 Å². The van der Waals surface area contributed by atoms with Crippen molar-refractivity contribution in [3.05, 3.63) is 12.2 Å². The standard InChI is InChI=1S/C37H75N2O6P/c1-6-8-10-12-14-15-16-17-18-19-20-21-22-23-25-27-29-31-37(41)38-35(36(40)30-28-26-24-13-11-9-7-2)34-45-46(42,43)44-33-32-39(3,4)5/h17-18,35-36,40H,6-16,19-34H2,1-5H3,(H-,38,41,42,43)/b18-17-. The number of amides is 1. The normalized spacial score (nSPS) is 14.8. The maximum Gasteiger partial charge on any atom is 0.268 e. The summed E-state index contributed by atoms with van der Waals surface area (Å²) in [6.07, 6.45) is 30.8. The van der Waals surface area contributed by atoms with Crippen LogP contribution >= 0.6 is 7.82 Å². The van der Waals surface area contributed by atoms with Gasteiger partial charge in [0.1, 0.15) is 13.2 Å². The Morgan fingerprint density at radius 2 is 1.20 bits per heavy atom. The molecular weight excluding hydrogens is 599 g/mol. The molecule has 0 bridgehead atoms. The Labute approximate surface area is 284 Å². The molecular formula is C37H75N2O6P. The van der Waals surface area contributed by atoms with E-state index in [0.29, 0.717) is 23.9 Å². The first-order valence-electron chi connectivity index (χ1n) is 19.0. The van der Waals surface area contributed by atoms with Crippen molar-refractivity contribution < 1.29 is 32.9 Å². The number of rotatable bonds is 34. The Balaban J connectivity index is 4.32. The van der Waals surface area contributed by atoms with Gasteiger partial charge in [-0.05, 0) is 38.5 Å². The molecule has 8 nitrogen and oxygen atoms in total. The van der Waals surface area contributed by atoms with Gasteiger partial charge in [-0.25, -0.2) is 0 Å². The van der Waals surface area contributed by atoms with Crippen LogP contribution in [0.2, 0.25) is 0 Å². The zero-order valence-corrected chi connectivity index (χ0v) is 31.7. The van der Waals surface area contributed by atoms with E-state index in [0.717, 1.165) is 38.5 Å². The Morgan fingerprint density at radius 3 is 1.70 bits per heavy atom. The number of likely N-dealkylation sites (N-methyl/N-ethyl adjacent to an activating group) is 1.